The number of hydrogen-bond acceptors (Lipinski definition) is 3. The van der Waals surface area contributed by atoms with Gasteiger partial charge in [-0.05, 0) is 38.0 Å². The molecular formula is C17H22N4O2. The lowest BCUT2D eigenvalue weighted by atomic mass is 10.0. The molecule has 23 heavy (non-hydrogen) atoms. The summed E-state index contributed by atoms with van der Waals surface area (Å²) in [5.41, 5.74) is 2.53. The van der Waals surface area contributed by atoms with E-state index in [2.05, 4.69) is 10.3 Å². The van der Waals surface area contributed by atoms with E-state index in [1.807, 2.05) is 41.6 Å². The Morgan fingerprint density at radius 1 is 1.35 bits per heavy atom. The second kappa shape index (κ2) is 6.02. The first-order valence-electron chi connectivity index (χ1n) is 7.95. The van der Waals surface area contributed by atoms with Crippen LogP contribution >= 0.6 is 0 Å². The minimum absolute atomic E-state index is 0.0146. The van der Waals surface area contributed by atoms with Crippen LogP contribution in [0.25, 0.3) is 11.0 Å². The van der Waals surface area contributed by atoms with E-state index in [1.54, 1.807) is 0 Å². The quantitative estimate of drug-likeness (QED) is 0.916. The van der Waals surface area contributed by atoms with Crippen molar-refractivity contribution in [1.29, 1.82) is 0 Å². The van der Waals surface area contributed by atoms with Gasteiger partial charge in [0.25, 0.3) is 5.91 Å². The first kappa shape index (κ1) is 15.5. The highest BCUT2D eigenvalue weighted by Crippen LogP contribution is 2.19. The van der Waals surface area contributed by atoms with E-state index in [0.29, 0.717) is 12.1 Å². The van der Waals surface area contributed by atoms with Gasteiger partial charge in [0.2, 0.25) is 5.91 Å². The second-order valence-corrected chi connectivity index (χ2v) is 6.21. The van der Waals surface area contributed by atoms with Gasteiger partial charge < -0.3 is 14.8 Å². The highest BCUT2D eigenvalue weighted by molar-refractivity contribution is 5.97. The number of aromatic nitrogens is 2. The lowest BCUT2D eigenvalue weighted by Gasteiger charge is -2.33. The fourth-order valence-electron chi connectivity index (χ4n) is 3.19. The first-order chi connectivity index (χ1) is 11.0. The Bertz CT molecular complexity index is 765. The third-order valence-electron chi connectivity index (χ3n) is 4.47. The molecular weight excluding hydrogens is 292 g/mol. The summed E-state index contributed by atoms with van der Waals surface area (Å²) in [5.74, 6) is 0.894. The summed E-state index contributed by atoms with van der Waals surface area (Å²) in [7, 11) is 1.95. The molecule has 0 aliphatic carbocycles. The average molecular weight is 314 g/mol. The number of carbonyl (C=O) groups excluding carboxylic acids is 2. The van der Waals surface area contributed by atoms with E-state index in [1.165, 1.54) is 6.92 Å². The number of fused-ring (bicyclic) bond motifs is 1. The van der Waals surface area contributed by atoms with E-state index in [0.717, 1.165) is 36.2 Å². The van der Waals surface area contributed by atoms with E-state index in [9.17, 15) is 9.59 Å². The fraction of sp³-hybridized carbons (Fsp3) is 0.471. The largest absolute Gasteiger partial charge is 0.352 e. The van der Waals surface area contributed by atoms with Gasteiger partial charge in [0, 0.05) is 38.7 Å². The molecule has 1 aromatic heterocycles. The molecule has 1 fully saturated rings. The normalized spacial score (nSPS) is 18.2. The van der Waals surface area contributed by atoms with Gasteiger partial charge in [-0.15, -0.1) is 0 Å². The molecule has 0 radical (unpaired) electrons. The number of aryl methyl sites for hydroxylation is 2. The van der Waals surface area contributed by atoms with Crippen molar-refractivity contribution in [3.8, 4) is 0 Å². The molecule has 0 saturated carbocycles. The number of nitrogens with zero attached hydrogens (tertiary/aromatic N) is 3. The van der Waals surface area contributed by atoms with Gasteiger partial charge in [-0.1, -0.05) is 0 Å². The first-order valence-corrected chi connectivity index (χ1v) is 7.95. The predicted molar refractivity (Wildman–Crippen MR) is 88.2 cm³/mol. The summed E-state index contributed by atoms with van der Waals surface area (Å²) >= 11 is 0. The maximum atomic E-state index is 12.8. The number of piperidine rings is 1. The highest BCUT2D eigenvalue weighted by atomic mass is 16.2. The monoisotopic (exact) mass is 314 g/mol. The summed E-state index contributed by atoms with van der Waals surface area (Å²) in [4.78, 5) is 30.3. The molecule has 6 nitrogen and oxygen atoms in total. The zero-order valence-corrected chi connectivity index (χ0v) is 13.8. The van der Waals surface area contributed by atoms with Crippen LogP contribution in [0.15, 0.2) is 18.2 Å². The van der Waals surface area contributed by atoms with Crippen molar-refractivity contribution in [2.24, 2.45) is 7.05 Å². The molecule has 2 amide bonds. The van der Waals surface area contributed by atoms with Gasteiger partial charge in [0.05, 0.1) is 11.0 Å². The van der Waals surface area contributed by atoms with E-state index >= 15 is 0 Å². The number of nitrogens with one attached hydrogen (secondary N) is 1. The number of amides is 2. The summed E-state index contributed by atoms with van der Waals surface area (Å²) in [6.45, 7) is 4.77. The van der Waals surface area contributed by atoms with Crippen LogP contribution in [-0.4, -0.2) is 45.4 Å². The van der Waals surface area contributed by atoms with Crippen LogP contribution in [0.4, 0.5) is 0 Å². The summed E-state index contributed by atoms with van der Waals surface area (Å²) < 4.78 is 1.99. The summed E-state index contributed by atoms with van der Waals surface area (Å²) in [5, 5.41) is 2.91. The van der Waals surface area contributed by atoms with E-state index in [4.69, 9.17) is 0 Å². The summed E-state index contributed by atoms with van der Waals surface area (Å²) in [6.07, 6.45) is 1.83. The molecule has 122 valence electrons. The third kappa shape index (κ3) is 3.06. The SMILES string of the molecule is CC(=O)NC1CCCN(C(=O)c2ccc3nc(C)n(C)c3c2)C1. The van der Waals surface area contributed by atoms with Crippen molar-refractivity contribution in [3.63, 3.8) is 0 Å². The molecule has 1 N–H and O–H groups in total. The molecule has 1 aliphatic rings. The predicted octanol–water partition coefficient (Wildman–Crippen LogP) is 1.62. The average Bonchev–Trinajstić information content (AvgIpc) is 2.81. The van der Waals surface area contributed by atoms with Crippen LogP contribution in [0, 0.1) is 6.92 Å². The molecule has 1 aliphatic heterocycles. The highest BCUT2D eigenvalue weighted by Gasteiger charge is 2.25. The number of benzene rings is 1. The topological polar surface area (TPSA) is 67.2 Å². The lowest BCUT2D eigenvalue weighted by molar-refractivity contribution is -0.120. The summed E-state index contributed by atoms with van der Waals surface area (Å²) in [6, 6.07) is 5.68. The number of hydrogen-bond donors (Lipinski definition) is 1. The molecule has 1 saturated heterocycles. The Balaban J connectivity index is 1.82. The number of carbonyl (C=O) groups is 2. The Morgan fingerprint density at radius 3 is 2.87 bits per heavy atom. The Morgan fingerprint density at radius 2 is 2.13 bits per heavy atom. The maximum absolute atomic E-state index is 12.8. The zero-order valence-electron chi connectivity index (χ0n) is 13.8. The molecule has 0 bridgehead atoms. The molecule has 1 unspecified atom stereocenters. The Labute approximate surface area is 135 Å². The molecule has 2 aromatic rings. The lowest BCUT2D eigenvalue weighted by Crippen LogP contribution is -2.49. The van der Waals surface area contributed by atoms with Crippen LogP contribution in [0.1, 0.15) is 35.9 Å². The zero-order chi connectivity index (χ0) is 16.6. The van der Waals surface area contributed by atoms with Gasteiger partial charge >= 0.3 is 0 Å². The molecule has 6 heteroatoms. The third-order valence-corrected chi connectivity index (χ3v) is 4.47. The van der Waals surface area contributed by atoms with Crippen molar-refractivity contribution in [2.45, 2.75) is 32.7 Å². The second-order valence-electron chi connectivity index (χ2n) is 6.21. The molecule has 1 aromatic carbocycles. The van der Waals surface area contributed by atoms with Crippen molar-refractivity contribution in [3.05, 3.63) is 29.6 Å². The molecule has 3 rings (SSSR count). The molecule has 0 spiro atoms. The van der Waals surface area contributed by atoms with Crippen molar-refractivity contribution < 1.29 is 9.59 Å². The van der Waals surface area contributed by atoms with Crippen LogP contribution in [0.3, 0.4) is 0 Å². The van der Waals surface area contributed by atoms with Crippen LogP contribution < -0.4 is 5.32 Å². The van der Waals surface area contributed by atoms with Gasteiger partial charge in [0.15, 0.2) is 0 Å². The van der Waals surface area contributed by atoms with Crippen LogP contribution in [-0.2, 0) is 11.8 Å². The fourth-order valence-corrected chi connectivity index (χ4v) is 3.19. The number of rotatable bonds is 2. The van der Waals surface area contributed by atoms with Gasteiger partial charge in [-0.2, -0.15) is 0 Å². The Kier molecular flexibility index (Phi) is 4.07. The van der Waals surface area contributed by atoms with Gasteiger partial charge in [-0.3, -0.25) is 9.59 Å². The van der Waals surface area contributed by atoms with E-state index in [-0.39, 0.29) is 17.9 Å². The standard InChI is InChI=1S/C17H22N4O2/c1-11-18-15-7-6-13(9-16(15)20(11)3)17(23)21-8-4-5-14(10-21)19-12(2)22/h6-7,9,14H,4-5,8,10H2,1-3H3,(H,19,22). The minimum Gasteiger partial charge on any atom is -0.352 e. The van der Waals surface area contributed by atoms with Crippen LogP contribution in [0.2, 0.25) is 0 Å². The van der Waals surface area contributed by atoms with Crippen LogP contribution in [0.5, 0.6) is 0 Å². The minimum atomic E-state index is -0.0453. The van der Waals surface area contributed by atoms with E-state index < -0.39 is 0 Å². The molecule has 2 heterocycles. The molecule has 1 atom stereocenters. The number of imidazole rings is 1. The van der Waals surface area contributed by atoms with Gasteiger partial charge in [-0.25, -0.2) is 4.98 Å². The maximum Gasteiger partial charge on any atom is 0.254 e. The Hall–Kier alpha value is -2.37. The van der Waals surface area contributed by atoms with Crippen molar-refractivity contribution in [2.75, 3.05) is 13.1 Å². The van der Waals surface area contributed by atoms with Crippen molar-refractivity contribution >= 4 is 22.8 Å². The van der Waals surface area contributed by atoms with Crippen molar-refractivity contribution in [1.82, 2.24) is 19.8 Å². The van der Waals surface area contributed by atoms with Gasteiger partial charge in [0.1, 0.15) is 5.82 Å². The number of likely N-dealkylation sites (tertiary alicyclic amines) is 1. The smallest absolute Gasteiger partial charge is 0.254 e.